The first-order valence-electron chi connectivity index (χ1n) is 7.54. The number of sulfonamides is 1. The number of nitrogens with one attached hydrogen (secondary N) is 1. The lowest BCUT2D eigenvalue weighted by atomic mass is 10.2. The Kier molecular flexibility index (Phi) is 4.68. The topological polar surface area (TPSA) is 128 Å². The first kappa shape index (κ1) is 18.0. The second kappa shape index (κ2) is 6.50. The molecule has 25 heavy (non-hydrogen) atoms. The molecule has 0 bridgehead atoms. The molecule has 9 nitrogen and oxygen atoms in total. The van der Waals surface area contributed by atoms with E-state index < -0.39 is 20.3 Å². The van der Waals surface area contributed by atoms with Crippen LogP contribution >= 0.6 is 0 Å². The third-order valence-electron chi connectivity index (χ3n) is 4.13. The van der Waals surface area contributed by atoms with E-state index in [0.29, 0.717) is 5.39 Å². The molecule has 0 radical (unpaired) electrons. The molecule has 1 aliphatic rings. The summed E-state index contributed by atoms with van der Waals surface area (Å²) in [6, 6.07) is 5.97. The van der Waals surface area contributed by atoms with Crippen LogP contribution in [0.5, 0.6) is 0 Å². The van der Waals surface area contributed by atoms with Crippen molar-refractivity contribution in [3.05, 3.63) is 40.8 Å². The molecule has 3 rings (SSSR count). The molecule has 1 saturated heterocycles. The van der Waals surface area contributed by atoms with Crippen LogP contribution in [0.4, 0.5) is 0 Å². The van der Waals surface area contributed by atoms with Crippen LogP contribution in [0.25, 0.3) is 10.8 Å². The predicted octanol–water partition coefficient (Wildman–Crippen LogP) is 0.0273. The minimum absolute atomic E-state index is 0.00333. The van der Waals surface area contributed by atoms with Crippen molar-refractivity contribution in [1.82, 2.24) is 13.6 Å². The van der Waals surface area contributed by atoms with Crippen LogP contribution in [-0.2, 0) is 20.3 Å². The number of pyridine rings is 1. The minimum Gasteiger partial charge on any atom is -0.329 e. The highest BCUT2D eigenvalue weighted by atomic mass is 32.2. The van der Waals surface area contributed by atoms with E-state index in [-0.39, 0.29) is 48.4 Å². The fraction of sp³-hybridized carbons (Fsp3) is 0.357. The summed E-state index contributed by atoms with van der Waals surface area (Å²) >= 11 is 0. The molecule has 11 heteroatoms. The fourth-order valence-corrected chi connectivity index (χ4v) is 5.25. The van der Waals surface area contributed by atoms with Gasteiger partial charge in [-0.1, -0.05) is 6.07 Å². The standard InChI is InChI=1S/C14H17N3O6S2/c18-14-12-3-1-4-13(11(12)5-6-15-14)24(19,20)16-7-2-8-17(10-9-16)25(21,22)23/h1,3-6H,2,7-10H2,(H,15,18)(H,21,22,23). The fourth-order valence-electron chi connectivity index (χ4n) is 2.90. The van der Waals surface area contributed by atoms with Gasteiger partial charge in [0.15, 0.2) is 0 Å². The van der Waals surface area contributed by atoms with Crippen molar-refractivity contribution in [3.8, 4) is 0 Å². The van der Waals surface area contributed by atoms with Gasteiger partial charge in [-0.25, -0.2) is 8.42 Å². The van der Waals surface area contributed by atoms with Crippen LogP contribution in [0.3, 0.4) is 0 Å². The van der Waals surface area contributed by atoms with E-state index in [1.807, 2.05) is 0 Å². The van der Waals surface area contributed by atoms with Gasteiger partial charge in [-0.05, 0) is 24.6 Å². The quantitative estimate of drug-likeness (QED) is 0.715. The molecule has 0 aliphatic carbocycles. The molecule has 0 saturated carbocycles. The van der Waals surface area contributed by atoms with Crippen molar-refractivity contribution in [2.24, 2.45) is 0 Å². The number of benzene rings is 1. The monoisotopic (exact) mass is 387 g/mol. The van der Waals surface area contributed by atoms with Crippen LogP contribution in [-0.4, -0.2) is 61.2 Å². The third kappa shape index (κ3) is 3.46. The van der Waals surface area contributed by atoms with E-state index in [0.717, 1.165) is 4.31 Å². The Bertz CT molecular complexity index is 1060. The van der Waals surface area contributed by atoms with Gasteiger partial charge in [-0.15, -0.1) is 0 Å². The first-order valence-corrected chi connectivity index (χ1v) is 10.4. The largest absolute Gasteiger partial charge is 0.335 e. The Morgan fingerprint density at radius 3 is 2.32 bits per heavy atom. The summed E-state index contributed by atoms with van der Waals surface area (Å²) in [5, 5.41) is 0.570. The zero-order valence-corrected chi connectivity index (χ0v) is 14.8. The van der Waals surface area contributed by atoms with Crippen molar-refractivity contribution in [2.45, 2.75) is 11.3 Å². The van der Waals surface area contributed by atoms with Crippen LogP contribution in [0.1, 0.15) is 6.42 Å². The summed E-state index contributed by atoms with van der Waals surface area (Å²) in [7, 11) is -8.28. The van der Waals surface area contributed by atoms with Crippen molar-refractivity contribution in [2.75, 3.05) is 26.2 Å². The van der Waals surface area contributed by atoms with Gasteiger partial charge in [0.05, 0.1) is 4.90 Å². The Morgan fingerprint density at radius 2 is 1.60 bits per heavy atom. The molecule has 1 aliphatic heterocycles. The molecule has 0 unspecified atom stereocenters. The summed E-state index contributed by atoms with van der Waals surface area (Å²) < 4.78 is 59.7. The number of aromatic nitrogens is 1. The summed E-state index contributed by atoms with van der Waals surface area (Å²) in [6.07, 6.45) is 1.64. The van der Waals surface area contributed by atoms with E-state index in [2.05, 4.69) is 4.98 Å². The maximum absolute atomic E-state index is 13.0. The highest BCUT2D eigenvalue weighted by molar-refractivity contribution is 7.89. The van der Waals surface area contributed by atoms with Gasteiger partial charge in [0.2, 0.25) is 10.0 Å². The van der Waals surface area contributed by atoms with Gasteiger partial charge in [-0.2, -0.15) is 17.0 Å². The molecule has 2 aromatic rings. The lowest BCUT2D eigenvalue weighted by Gasteiger charge is -2.21. The summed E-state index contributed by atoms with van der Waals surface area (Å²) in [6.45, 7) is -0.0564. The Labute approximate surface area is 144 Å². The smallest absolute Gasteiger partial charge is 0.329 e. The molecule has 1 fully saturated rings. The average Bonchev–Trinajstić information content (AvgIpc) is 2.81. The van der Waals surface area contributed by atoms with E-state index in [9.17, 15) is 21.6 Å². The van der Waals surface area contributed by atoms with Gasteiger partial charge in [-0.3, -0.25) is 9.35 Å². The molecule has 1 aromatic carbocycles. The lowest BCUT2D eigenvalue weighted by molar-refractivity contribution is 0.356. The van der Waals surface area contributed by atoms with E-state index >= 15 is 0 Å². The van der Waals surface area contributed by atoms with E-state index in [1.54, 1.807) is 0 Å². The molecule has 0 amide bonds. The SMILES string of the molecule is O=c1[nH]ccc2c(S(=O)(=O)N3CCCN(S(=O)(=O)O)CC3)cccc12. The van der Waals surface area contributed by atoms with Crippen molar-refractivity contribution in [1.29, 1.82) is 0 Å². The second-order valence-electron chi connectivity index (χ2n) is 5.66. The van der Waals surface area contributed by atoms with Gasteiger partial charge >= 0.3 is 10.3 Å². The van der Waals surface area contributed by atoms with E-state index in [4.69, 9.17) is 4.55 Å². The normalized spacial score (nSPS) is 18.3. The lowest BCUT2D eigenvalue weighted by Crippen LogP contribution is -2.37. The van der Waals surface area contributed by atoms with Crippen molar-refractivity contribution >= 4 is 31.1 Å². The Balaban J connectivity index is 2.00. The first-order chi connectivity index (χ1) is 11.7. The van der Waals surface area contributed by atoms with Gasteiger partial charge in [0.1, 0.15) is 0 Å². The maximum Gasteiger partial charge on any atom is 0.335 e. The molecule has 0 spiro atoms. The number of fused-ring (bicyclic) bond motifs is 1. The number of rotatable bonds is 3. The summed E-state index contributed by atoms with van der Waals surface area (Å²) in [5.74, 6) is 0. The highest BCUT2D eigenvalue weighted by Crippen LogP contribution is 2.24. The van der Waals surface area contributed by atoms with Crippen LogP contribution in [0.2, 0.25) is 0 Å². The number of H-pyrrole nitrogens is 1. The summed E-state index contributed by atoms with van der Waals surface area (Å²) in [4.78, 5) is 14.4. The average molecular weight is 387 g/mol. The molecule has 1 aromatic heterocycles. The number of aromatic amines is 1. The zero-order chi connectivity index (χ0) is 18.2. The Hall–Kier alpha value is -1.79. The molecule has 136 valence electrons. The maximum atomic E-state index is 13.0. The van der Waals surface area contributed by atoms with Gasteiger partial charge in [0.25, 0.3) is 5.56 Å². The third-order valence-corrected chi connectivity index (χ3v) is 7.11. The molecular formula is C14H17N3O6S2. The van der Waals surface area contributed by atoms with Gasteiger partial charge < -0.3 is 4.98 Å². The van der Waals surface area contributed by atoms with Gasteiger partial charge in [0, 0.05) is 43.1 Å². The number of hydrogen-bond donors (Lipinski definition) is 2. The Morgan fingerprint density at radius 1 is 0.920 bits per heavy atom. The van der Waals surface area contributed by atoms with Crippen LogP contribution < -0.4 is 5.56 Å². The number of nitrogens with zero attached hydrogens (tertiary/aromatic N) is 2. The molecule has 2 N–H and O–H groups in total. The minimum atomic E-state index is -4.36. The zero-order valence-electron chi connectivity index (χ0n) is 13.1. The summed E-state index contributed by atoms with van der Waals surface area (Å²) in [5.41, 5.74) is -0.386. The molecule has 2 heterocycles. The second-order valence-corrected chi connectivity index (χ2v) is 8.98. The molecule has 0 atom stereocenters. The highest BCUT2D eigenvalue weighted by Gasteiger charge is 2.31. The molecular weight excluding hydrogens is 370 g/mol. The van der Waals surface area contributed by atoms with Crippen LogP contribution in [0, 0.1) is 0 Å². The van der Waals surface area contributed by atoms with E-state index in [1.165, 1.54) is 34.8 Å². The van der Waals surface area contributed by atoms with Crippen LogP contribution in [0.15, 0.2) is 40.2 Å². The van der Waals surface area contributed by atoms with Crippen molar-refractivity contribution < 1.29 is 21.4 Å². The number of hydrogen-bond acceptors (Lipinski definition) is 5. The van der Waals surface area contributed by atoms with Crippen molar-refractivity contribution in [3.63, 3.8) is 0 Å². The predicted molar refractivity (Wildman–Crippen MR) is 91.1 cm³/mol.